The lowest BCUT2D eigenvalue weighted by Gasteiger charge is -2.23. The van der Waals surface area contributed by atoms with Gasteiger partial charge in [0.1, 0.15) is 17.3 Å². The van der Waals surface area contributed by atoms with E-state index in [0.717, 1.165) is 49.7 Å². The first kappa shape index (κ1) is 27.7. The zero-order chi connectivity index (χ0) is 25.0. The molecule has 0 spiro atoms. The first-order chi connectivity index (χ1) is 16.1. The summed E-state index contributed by atoms with van der Waals surface area (Å²) >= 11 is 0. The third kappa shape index (κ3) is 9.75. The summed E-state index contributed by atoms with van der Waals surface area (Å²) in [4.78, 5) is 37.7. The van der Waals surface area contributed by atoms with Gasteiger partial charge in [0.15, 0.2) is 0 Å². The molecule has 0 aromatic heterocycles. The minimum Gasteiger partial charge on any atom is -0.300 e. The van der Waals surface area contributed by atoms with E-state index < -0.39 is 0 Å². The maximum atomic E-state index is 12.7. The van der Waals surface area contributed by atoms with Crippen molar-refractivity contribution in [3.63, 3.8) is 0 Å². The normalized spacial score (nSPS) is 11.9. The molecule has 2 aromatic rings. The lowest BCUT2D eigenvalue weighted by molar-refractivity contribution is -0.127. The zero-order valence-corrected chi connectivity index (χ0v) is 21.6. The number of Topliss-reactive ketones (excluding diaryl/α,β-unsaturated/α-hetero) is 3. The molecule has 3 heteroatoms. The summed E-state index contributed by atoms with van der Waals surface area (Å²) in [6.07, 6.45) is 7.17. The SMILES string of the molecule is CC(C)(CCCCC(=O)CCCCC(C)(C)C(=O)Cc1ccccc1)C(=O)Cc1ccccc1. The van der Waals surface area contributed by atoms with Crippen LogP contribution in [0.4, 0.5) is 0 Å². The van der Waals surface area contributed by atoms with Gasteiger partial charge in [0.2, 0.25) is 0 Å². The maximum absolute atomic E-state index is 12.7. The molecule has 0 atom stereocenters. The van der Waals surface area contributed by atoms with Crippen molar-refractivity contribution in [3.8, 4) is 0 Å². The van der Waals surface area contributed by atoms with Crippen LogP contribution in [-0.2, 0) is 27.2 Å². The summed E-state index contributed by atoms with van der Waals surface area (Å²) in [6.45, 7) is 8.06. The van der Waals surface area contributed by atoms with E-state index in [1.54, 1.807) is 0 Å². The van der Waals surface area contributed by atoms with Crippen LogP contribution in [0.25, 0.3) is 0 Å². The molecule has 0 saturated heterocycles. The minimum absolute atomic E-state index is 0.259. The fraction of sp³-hybridized carbons (Fsp3) is 0.516. The Kier molecular flexibility index (Phi) is 10.9. The summed E-state index contributed by atoms with van der Waals surface area (Å²) < 4.78 is 0. The second-order valence-corrected chi connectivity index (χ2v) is 10.9. The van der Waals surface area contributed by atoms with E-state index >= 15 is 0 Å². The molecule has 0 unspecified atom stereocenters. The van der Waals surface area contributed by atoms with Crippen molar-refractivity contribution in [2.24, 2.45) is 10.8 Å². The fourth-order valence-corrected chi connectivity index (χ4v) is 4.22. The summed E-state index contributed by atoms with van der Waals surface area (Å²) in [5.41, 5.74) is 1.38. The van der Waals surface area contributed by atoms with Gasteiger partial charge in [0.25, 0.3) is 0 Å². The van der Waals surface area contributed by atoms with Crippen molar-refractivity contribution in [1.82, 2.24) is 0 Å². The van der Waals surface area contributed by atoms with Crippen molar-refractivity contribution < 1.29 is 14.4 Å². The molecule has 2 aromatic carbocycles. The molecule has 2 rings (SSSR count). The third-order valence-electron chi connectivity index (χ3n) is 6.94. The topological polar surface area (TPSA) is 51.2 Å². The van der Waals surface area contributed by atoms with E-state index in [4.69, 9.17) is 0 Å². The number of unbranched alkanes of at least 4 members (excludes halogenated alkanes) is 2. The molecule has 3 nitrogen and oxygen atoms in total. The Morgan fingerprint density at radius 2 is 0.912 bits per heavy atom. The molecule has 0 aliphatic heterocycles. The highest BCUT2D eigenvalue weighted by atomic mass is 16.1. The molecule has 0 N–H and O–H groups in total. The Balaban J connectivity index is 1.60. The van der Waals surface area contributed by atoms with Crippen LogP contribution in [0.2, 0.25) is 0 Å². The number of hydrogen-bond donors (Lipinski definition) is 0. The molecule has 0 bridgehead atoms. The average Bonchev–Trinajstić information content (AvgIpc) is 2.81. The fourth-order valence-electron chi connectivity index (χ4n) is 4.22. The second-order valence-electron chi connectivity index (χ2n) is 10.9. The van der Waals surface area contributed by atoms with E-state index in [1.807, 2.05) is 88.4 Å². The van der Waals surface area contributed by atoms with Gasteiger partial charge in [-0.1, -0.05) is 101 Å². The Bertz CT molecular complexity index is 835. The number of benzene rings is 2. The van der Waals surface area contributed by atoms with Gasteiger partial charge in [-0.25, -0.2) is 0 Å². The highest BCUT2D eigenvalue weighted by molar-refractivity contribution is 5.86. The van der Waals surface area contributed by atoms with Crippen molar-refractivity contribution in [1.29, 1.82) is 0 Å². The highest BCUT2D eigenvalue weighted by Gasteiger charge is 2.27. The van der Waals surface area contributed by atoms with Crippen LogP contribution >= 0.6 is 0 Å². The summed E-state index contributed by atoms with van der Waals surface area (Å²) in [7, 11) is 0. The lowest BCUT2D eigenvalue weighted by atomic mass is 9.80. The molecular weight excluding hydrogens is 420 g/mol. The van der Waals surface area contributed by atoms with Crippen LogP contribution in [-0.4, -0.2) is 17.3 Å². The number of carbonyl (C=O) groups is 3. The van der Waals surface area contributed by atoms with Crippen LogP contribution in [0.1, 0.15) is 90.2 Å². The molecule has 184 valence electrons. The van der Waals surface area contributed by atoms with Gasteiger partial charge in [0.05, 0.1) is 0 Å². The molecule has 0 fully saturated rings. The third-order valence-corrected chi connectivity index (χ3v) is 6.94. The van der Waals surface area contributed by atoms with Gasteiger partial charge in [0, 0.05) is 36.5 Å². The van der Waals surface area contributed by atoms with Gasteiger partial charge in [-0.2, -0.15) is 0 Å². The molecule has 0 aliphatic rings. The summed E-state index contributed by atoms with van der Waals surface area (Å²) in [5, 5.41) is 0. The highest BCUT2D eigenvalue weighted by Crippen LogP contribution is 2.28. The number of hydrogen-bond acceptors (Lipinski definition) is 3. The zero-order valence-electron chi connectivity index (χ0n) is 21.6. The van der Waals surface area contributed by atoms with Gasteiger partial charge in [-0.3, -0.25) is 14.4 Å². The van der Waals surface area contributed by atoms with Crippen molar-refractivity contribution >= 4 is 17.3 Å². The molecule has 0 aliphatic carbocycles. The first-order valence-electron chi connectivity index (χ1n) is 12.8. The van der Waals surface area contributed by atoms with Crippen molar-refractivity contribution in [2.45, 2.75) is 91.9 Å². The Hall–Kier alpha value is -2.55. The Morgan fingerprint density at radius 1 is 0.559 bits per heavy atom. The van der Waals surface area contributed by atoms with E-state index in [-0.39, 0.29) is 22.4 Å². The standard InChI is InChI=1S/C31H42O3/c1-30(2,28(33)23-25-15-7-5-8-16-25)21-13-11-19-27(32)20-12-14-22-31(3,4)29(34)24-26-17-9-6-10-18-26/h5-10,15-18H,11-14,19-24H2,1-4H3. The number of rotatable bonds is 16. The monoisotopic (exact) mass is 462 g/mol. The van der Waals surface area contributed by atoms with Gasteiger partial charge in [-0.15, -0.1) is 0 Å². The Morgan fingerprint density at radius 3 is 1.26 bits per heavy atom. The van der Waals surface area contributed by atoms with E-state index in [1.165, 1.54) is 0 Å². The van der Waals surface area contributed by atoms with Crippen LogP contribution in [0.15, 0.2) is 60.7 Å². The van der Waals surface area contributed by atoms with Gasteiger partial charge >= 0.3 is 0 Å². The van der Waals surface area contributed by atoms with Crippen LogP contribution in [0, 0.1) is 10.8 Å². The minimum atomic E-state index is -0.364. The predicted molar refractivity (Wildman–Crippen MR) is 140 cm³/mol. The van der Waals surface area contributed by atoms with Crippen molar-refractivity contribution in [3.05, 3.63) is 71.8 Å². The van der Waals surface area contributed by atoms with Gasteiger partial charge < -0.3 is 0 Å². The summed E-state index contributed by atoms with van der Waals surface area (Å²) in [5.74, 6) is 0.811. The number of carbonyl (C=O) groups excluding carboxylic acids is 3. The maximum Gasteiger partial charge on any atom is 0.142 e. The van der Waals surface area contributed by atoms with Crippen LogP contribution in [0.5, 0.6) is 0 Å². The molecule has 34 heavy (non-hydrogen) atoms. The number of ketones is 3. The van der Waals surface area contributed by atoms with E-state index in [0.29, 0.717) is 31.5 Å². The molecular formula is C31H42O3. The quantitative estimate of drug-likeness (QED) is 0.245. The summed E-state index contributed by atoms with van der Waals surface area (Å²) in [6, 6.07) is 19.7. The smallest absolute Gasteiger partial charge is 0.142 e. The predicted octanol–water partition coefficient (Wildman–Crippen LogP) is 7.35. The first-order valence-corrected chi connectivity index (χ1v) is 12.8. The molecule has 0 saturated carbocycles. The average molecular weight is 463 g/mol. The van der Waals surface area contributed by atoms with E-state index in [9.17, 15) is 14.4 Å². The largest absolute Gasteiger partial charge is 0.300 e. The lowest BCUT2D eigenvalue weighted by Crippen LogP contribution is -2.26. The molecule has 0 heterocycles. The van der Waals surface area contributed by atoms with E-state index in [2.05, 4.69) is 0 Å². The van der Waals surface area contributed by atoms with Crippen LogP contribution < -0.4 is 0 Å². The van der Waals surface area contributed by atoms with Crippen molar-refractivity contribution in [2.75, 3.05) is 0 Å². The molecule has 0 amide bonds. The Labute approximate surface area is 206 Å². The second kappa shape index (κ2) is 13.4. The van der Waals surface area contributed by atoms with Gasteiger partial charge in [-0.05, 0) is 36.8 Å². The molecule has 0 radical (unpaired) electrons. The van der Waals surface area contributed by atoms with Crippen LogP contribution in [0.3, 0.4) is 0 Å².